The third-order valence-corrected chi connectivity index (χ3v) is 1.31. The summed E-state index contributed by atoms with van der Waals surface area (Å²) in [5, 5.41) is 10.5. The Hall–Kier alpha value is -0.860. The first kappa shape index (κ1) is 6.26. The third kappa shape index (κ3) is 1.09. The Balaban J connectivity index is 0.000000810. The first-order chi connectivity index (χ1) is 4.22. The molecule has 0 aromatic carbocycles. The minimum atomic E-state index is 0. The van der Waals surface area contributed by atoms with Crippen molar-refractivity contribution < 1.29 is 1.43 Å². The van der Waals surface area contributed by atoms with Crippen molar-refractivity contribution in [2.75, 3.05) is 0 Å². The molecule has 3 heteroatoms. The molecule has 0 unspecified atom stereocenters. The van der Waals surface area contributed by atoms with Crippen LogP contribution in [0.5, 0.6) is 0 Å². The van der Waals surface area contributed by atoms with Gasteiger partial charge in [0.1, 0.15) is 0 Å². The lowest BCUT2D eigenvalue weighted by Crippen LogP contribution is -1.89. The molecule has 52 valence electrons. The SMILES string of the molecule is Cc1n[nH]nc1C(C)C.[HH]. The van der Waals surface area contributed by atoms with E-state index in [4.69, 9.17) is 0 Å². The number of hydrogen-bond donors (Lipinski definition) is 1. The van der Waals surface area contributed by atoms with Crippen LogP contribution in [0, 0.1) is 6.92 Å². The summed E-state index contributed by atoms with van der Waals surface area (Å²) in [5.74, 6) is 0.476. The van der Waals surface area contributed by atoms with E-state index in [-0.39, 0.29) is 1.43 Å². The van der Waals surface area contributed by atoms with Gasteiger partial charge in [-0.1, -0.05) is 13.8 Å². The van der Waals surface area contributed by atoms with Crippen LogP contribution in [0.1, 0.15) is 32.6 Å². The molecule has 1 rings (SSSR count). The maximum absolute atomic E-state index is 3.98. The van der Waals surface area contributed by atoms with Gasteiger partial charge < -0.3 is 0 Å². The highest BCUT2D eigenvalue weighted by atomic mass is 15.3. The molecule has 0 aliphatic carbocycles. The molecule has 9 heavy (non-hydrogen) atoms. The first-order valence-electron chi connectivity index (χ1n) is 3.09. The Kier molecular flexibility index (Phi) is 1.51. The molecular weight excluding hydrogens is 114 g/mol. The van der Waals surface area contributed by atoms with Crippen molar-refractivity contribution in [3.63, 3.8) is 0 Å². The predicted octanol–water partition coefficient (Wildman–Crippen LogP) is 1.48. The Bertz CT molecular complexity index is 195. The van der Waals surface area contributed by atoms with Gasteiger partial charge in [-0.2, -0.15) is 15.4 Å². The van der Waals surface area contributed by atoms with Gasteiger partial charge in [0, 0.05) is 1.43 Å². The topological polar surface area (TPSA) is 41.6 Å². The molecule has 0 aliphatic heterocycles. The summed E-state index contributed by atoms with van der Waals surface area (Å²) in [5.41, 5.74) is 2.07. The van der Waals surface area contributed by atoms with Crippen molar-refractivity contribution in [3.05, 3.63) is 11.4 Å². The maximum atomic E-state index is 3.98. The van der Waals surface area contributed by atoms with Crippen LogP contribution in [0.3, 0.4) is 0 Å². The van der Waals surface area contributed by atoms with E-state index in [9.17, 15) is 0 Å². The van der Waals surface area contributed by atoms with Gasteiger partial charge in [-0.15, -0.1) is 0 Å². The molecule has 0 aliphatic rings. The highest BCUT2D eigenvalue weighted by Gasteiger charge is 2.05. The van der Waals surface area contributed by atoms with Crippen molar-refractivity contribution in [2.24, 2.45) is 0 Å². The molecule has 0 radical (unpaired) electrons. The second-order valence-electron chi connectivity index (χ2n) is 2.45. The summed E-state index contributed by atoms with van der Waals surface area (Å²) in [4.78, 5) is 0. The smallest absolute Gasteiger partial charge is 0.0879 e. The van der Waals surface area contributed by atoms with E-state index < -0.39 is 0 Å². The average molecular weight is 127 g/mol. The molecule has 1 N–H and O–H groups in total. The van der Waals surface area contributed by atoms with E-state index in [1.807, 2.05) is 6.92 Å². The molecule has 1 heterocycles. The van der Waals surface area contributed by atoms with Gasteiger partial charge in [-0.05, 0) is 12.8 Å². The molecule has 1 aromatic heterocycles. The molecule has 0 amide bonds. The Morgan fingerprint density at radius 3 is 2.33 bits per heavy atom. The van der Waals surface area contributed by atoms with Crippen LogP contribution in [-0.4, -0.2) is 15.4 Å². The van der Waals surface area contributed by atoms with Crippen LogP contribution < -0.4 is 0 Å². The minimum absolute atomic E-state index is 0. The fraction of sp³-hybridized carbons (Fsp3) is 0.667. The zero-order valence-electron chi connectivity index (χ0n) is 5.97. The fourth-order valence-electron chi connectivity index (χ4n) is 0.839. The van der Waals surface area contributed by atoms with Crippen LogP contribution in [0.15, 0.2) is 0 Å². The van der Waals surface area contributed by atoms with Crippen LogP contribution >= 0.6 is 0 Å². The molecule has 0 atom stereocenters. The lowest BCUT2D eigenvalue weighted by atomic mass is 10.1. The van der Waals surface area contributed by atoms with Gasteiger partial charge in [-0.3, -0.25) is 0 Å². The number of aromatic amines is 1. The quantitative estimate of drug-likeness (QED) is 0.620. The molecule has 1 aromatic rings. The molecule has 0 bridgehead atoms. The normalized spacial score (nSPS) is 10.7. The van der Waals surface area contributed by atoms with Crippen LogP contribution in [-0.2, 0) is 0 Å². The van der Waals surface area contributed by atoms with Gasteiger partial charge in [0.25, 0.3) is 0 Å². The zero-order valence-corrected chi connectivity index (χ0v) is 5.97. The Morgan fingerprint density at radius 2 is 2.11 bits per heavy atom. The van der Waals surface area contributed by atoms with E-state index >= 15 is 0 Å². The largest absolute Gasteiger partial charge is 0.197 e. The molecule has 3 nitrogen and oxygen atoms in total. The highest BCUT2D eigenvalue weighted by molar-refractivity contribution is 5.09. The number of rotatable bonds is 1. The van der Waals surface area contributed by atoms with E-state index in [2.05, 4.69) is 29.3 Å². The highest BCUT2D eigenvalue weighted by Crippen LogP contribution is 2.11. The van der Waals surface area contributed by atoms with E-state index in [0.717, 1.165) is 11.4 Å². The van der Waals surface area contributed by atoms with Crippen molar-refractivity contribution in [2.45, 2.75) is 26.7 Å². The molecule has 0 fully saturated rings. The summed E-state index contributed by atoms with van der Waals surface area (Å²) in [7, 11) is 0. The van der Waals surface area contributed by atoms with Crippen molar-refractivity contribution in [3.8, 4) is 0 Å². The van der Waals surface area contributed by atoms with Gasteiger partial charge >= 0.3 is 0 Å². The fourth-order valence-corrected chi connectivity index (χ4v) is 0.839. The Labute approximate surface area is 56.0 Å². The summed E-state index contributed by atoms with van der Waals surface area (Å²) in [6.07, 6.45) is 0. The van der Waals surface area contributed by atoms with Crippen LogP contribution in [0.25, 0.3) is 0 Å². The Morgan fingerprint density at radius 1 is 1.44 bits per heavy atom. The maximum Gasteiger partial charge on any atom is 0.0879 e. The van der Waals surface area contributed by atoms with Crippen molar-refractivity contribution in [1.29, 1.82) is 0 Å². The molecule has 0 spiro atoms. The summed E-state index contributed by atoms with van der Waals surface area (Å²) < 4.78 is 0. The number of hydrogen-bond acceptors (Lipinski definition) is 2. The van der Waals surface area contributed by atoms with Crippen molar-refractivity contribution >= 4 is 0 Å². The third-order valence-electron chi connectivity index (χ3n) is 1.31. The zero-order chi connectivity index (χ0) is 6.85. The van der Waals surface area contributed by atoms with Gasteiger partial charge in [0.15, 0.2) is 0 Å². The van der Waals surface area contributed by atoms with Crippen molar-refractivity contribution in [1.82, 2.24) is 15.4 Å². The van der Waals surface area contributed by atoms with E-state index in [1.165, 1.54) is 0 Å². The average Bonchev–Trinajstić information content (AvgIpc) is 2.13. The molecule has 0 saturated carbocycles. The summed E-state index contributed by atoms with van der Waals surface area (Å²) in [6, 6.07) is 0. The first-order valence-corrected chi connectivity index (χ1v) is 3.09. The van der Waals surface area contributed by atoms with Gasteiger partial charge in [0.2, 0.25) is 0 Å². The molecular formula is C6H13N3. The molecule has 0 saturated heterocycles. The number of nitrogens with one attached hydrogen (secondary N) is 1. The lowest BCUT2D eigenvalue weighted by molar-refractivity contribution is 0.801. The number of H-pyrrole nitrogens is 1. The number of aryl methyl sites for hydroxylation is 1. The monoisotopic (exact) mass is 127 g/mol. The van der Waals surface area contributed by atoms with Gasteiger partial charge in [-0.25, -0.2) is 0 Å². The van der Waals surface area contributed by atoms with Crippen LogP contribution in [0.4, 0.5) is 0 Å². The van der Waals surface area contributed by atoms with Crippen LogP contribution in [0.2, 0.25) is 0 Å². The second-order valence-corrected chi connectivity index (χ2v) is 2.45. The minimum Gasteiger partial charge on any atom is -0.197 e. The van der Waals surface area contributed by atoms with E-state index in [1.54, 1.807) is 0 Å². The predicted molar refractivity (Wildman–Crippen MR) is 37.3 cm³/mol. The standard InChI is InChI=1S/C6H11N3.H2/c1-4(2)6-5(3)7-9-8-6;/h4H,1-3H3,(H,7,8,9);1H. The summed E-state index contributed by atoms with van der Waals surface area (Å²) in [6.45, 7) is 6.16. The van der Waals surface area contributed by atoms with E-state index in [0.29, 0.717) is 5.92 Å². The van der Waals surface area contributed by atoms with Gasteiger partial charge in [0.05, 0.1) is 11.4 Å². The summed E-state index contributed by atoms with van der Waals surface area (Å²) >= 11 is 0. The number of nitrogens with zero attached hydrogens (tertiary/aromatic N) is 2. The number of aromatic nitrogens is 3. The lowest BCUT2D eigenvalue weighted by Gasteiger charge is -1.96. The second kappa shape index (κ2) is 2.17.